The Bertz CT molecular complexity index is 406. The summed E-state index contributed by atoms with van der Waals surface area (Å²) in [6.07, 6.45) is 0. The van der Waals surface area contributed by atoms with Crippen molar-refractivity contribution in [1.82, 2.24) is 15.0 Å². The van der Waals surface area contributed by atoms with Crippen molar-refractivity contribution < 1.29 is 9.32 Å². The molecule has 1 saturated heterocycles. The van der Waals surface area contributed by atoms with Gasteiger partial charge in [0.2, 0.25) is 5.76 Å². The van der Waals surface area contributed by atoms with Gasteiger partial charge in [0.05, 0.1) is 5.69 Å². The molecule has 1 aromatic rings. The van der Waals surface area contributed by atoms with Gasteiger partial charge in [0.1, 0.15) is 0 Å². The third-order valence-electron chi connectivity index (χ3n) is 3.12. The summed E-state index contributed by atoms with van der Waals surface area (Å²) in [6, 6.07) is 1.70. The highest BCUT2D eigenvalue weighted by atomic mass is 16.5. The molecular weight excluding hydrogens is 230 g/mol. The van der Waals surface area contributed by atoms with E-state index in [1.54, 1.807) is 6.07 Å². The Morgan fingerprint density at radius 2 is 2.06 bits per heavy atom. The number of piperazine rings is 1. The van der Waals surface area contributed by atoms with Crippen LogP contribution in [0.5, 0.6) is 0 Å². The monoisotopic (exact) mass is 251 g/mol. The summed E-state index contributed by atoms with van der Waals surface area (Å²) in [7, 11) is 0. The number of nitrogens with zero attached hydrogens (tertiary/aromatic N) is 3. The summed E-state index contributed by atoms with van der Waals surface area (Å²) < 4.78 is 5.02. The van der Waals surface area contributed by atoms with Crippen LogP contribution < -0.4 is 0 Å². The third-order valence-corrected chi connectivity index (χ3v) is 3.12. The van der Waals surface area contributed by atoms with Crippen LogP contribution in [0, 0.1) is 12.8 Å². The first-order valence-corrected chi connectivity index (χ1v) is 6.51. The second kappa shape index (κ2) is 5.52. The molecule has 18 heavy (non-hydrogen) atoms. The minimum Gasteiger partial charge on any atom is -0.351 e. The lowest BCUT2D eigenvalue weighted by atomic mass is 10.2. The third kappa shape index (κ3) is 3.10. The van der Waals surface area contributed by atoms with Crippen LogP contribution in [0.4, 0.5) is 0 Å². The van der Waals surface area contributed by atoms with E-state index in [9.17, 15) is 4.79 Å². The van der Waals surface area contributed by atoms with Crippen molar-refractivity contribution >= 4 is 5.91 Å². The van der Waals surface area contributed by atoms with E-state index < -0.39 is 0 Å². The fourth-order valence-corrected chi connectivity index (χ4v) is 2.27. The predicted octanol–water partition coefficient (Wildman–Crippen LogP) is 1.40. The van der Waals surface area contributed by atoms with Gasteiger partial charge in [-0.1, -0.05) is 19.0 Å². The van der Waals surface area contributed by atoms with E-state index in [0.29, 0.717) is 11.7 Å². The van der Waals surface area contributed by atoms with Crippen LogP contribution in [0.3, 0.4) is 0 Å². The first kappa shape index (κ1) is 13.1. The first-order chi connectivity index (χ1) is 8.56. The number of aryl methyl sites for hydroxylation is 1. The molecule has 0 radical (unpaired) electrons. The molecule has 2 rings (SSSR count). The average molecular weight is 251 g/mol. The van der Waals surface area contributed by atoms with Crippen molar-refractivity contribution in [3.8, 4) is 0 Å². The van der Waals surface area contributed by atoms with E-state index >= 15 is 0 Å². The summed E-state index contributed by atoms with van der Waals surface area (Å²) in [6.45, 7) is 10.8. The van der Waals surface area contributed by atoms with Crippen molar-refractivity contribution in [2.75, 3.05) is 32.7 Å². The van der Waals surface area contributed by atoms with Crippen LogP contribution in [0.2, 0.25) is 0 Å². The fraction of sp³-hybridized carbons (Fsp3) is 0.692. The molecule has 1 aliphatic heterocycles. The molecule has 2 heterocycles. The normalized spacial score (nSPS) is 17.4. The molecule has 0 atom stereocenters. The second-order valence-electron chi connectivity index (χ2n) is 5.32. The van der Waals surface area contributed by atoms with Gasteiger partial charge in [0, 0.05) is 38.8 Å². The lowest BCUT2D eigenvalue weighted by Gasteiger charge is -2.35. The standard InChI is InChI=1S/C13H21N3O2/c1-10(2)9-15-4-6-16(7-5-15)13(17)12-8-11(3)14-18-12/h8,10H,4-7,9H2,1-3H3. The van der Waals surface area contributed by atoms with Crippen LogP contribution in [-0.4, -0.2) is 53.6 Å². The van der Waals surface area contributed by atoms with Crippen molar-refractivity contribution in [3.05, 3.63) is 17.5 Å². The Morgan fingerprint density at radius 1 is 1.39 bits per heavy atom. The molecule has 0 saturated carbocycles. The number of aromatic nitrogens is 1. The van der Waals surface area contributed by atoms with E-state index in [1.165, 1.54) is 0 Å². The van der Waals surface area contributed by atoms with Crippen LogP contribution in [0.15, 0.2) is 10.6 Å². The Labute approximate surface area is 108 Å². The van der Waals surface area contributed by atoms with Gasteiger partial charge in [-0.15, -0.1) is 0 Å². The van der Waals surface area contributed by atoms with E-state index in [2.05, 4.69) is 23.9 Å². The van der Waals surface area contributed by atoms with Gasteiger partial charge in [0.25, 0.3) is 5.91 Å². The van der Waals surface area contributed by atoms with Gasteiger partial charge in [-0.3, -0.25) is 9.69 Å². The number of amides is 1. The van der Waals surface area contributed by atoms with Crippen molar-refractivity contribution in [3.63, 3.8) is 0 Å². The summed E-state index contributed by atoms with van der Waals surface area (Å²) in [4.78, 5) is 16.4. The van der Waals surface area contributed by atoms with Gasteiger partial charge in [-0.05, 0) is 12.8 Å². The molecule has 0 aliphatic carbocycles. The van der Waals surface area contributed by atoms with E-state index in [-0.39, 0.29) is 5.91 Å². The molecular formula is C13H21N3O2. The lowest BCUT2D eigenvalue weighted by molar-refractivity contribution is 0.0584. The maximum atomic E-state index is 12.1. The largest absolute Gasteiger partial charge is 0.351 e. The molecule has 100 valence electrons. The minimum atomic E-state index is -0.0419. The van der Waals surface area contributed by atoms with Crippen LogP contribution >= 0.6 is 0 Å². The van der Waals surface area contributed by atoms with Gasteiger partial charge >= 0.3 is 0 Å². The SMILES string of the molecule is Cc1cc(C(=O)N2CCN(CC(C)C)CC2)on1. The highest BCUT2D eigenvalue weighted by Gasteiger charge is 2.24. The maximum absolute atomic E-state index is 12.1. The van der Waals surface area contributed by atoms with E-state index in [0.717, 1.165) is 38.4 Å². The van der Waals surface area contributed by atoms with Crippen molar-refractivity contribution in [2.45, 2.75) is 20.8 Å². The number of carbonyl (C=O) groups is 1. The van der Waals surface area contributed by atoms with E-state index in [1.807, 2.05) is 11.8 Å². The van der Waals surface area contributed by atoms with Gasteiger partial charge in [-0.2, -0.15) is 0 Å². The zero-order valence-electron chi connectivity index (χ0n) is 11.3. The molecule has 0 aromatic carbocycles. The second-order valence-corrected chi connectivity index (χ2v) is 5.32. The summed E-state index contributed by atoms with van der Waals surface area (Å²) in [5.41, 5.74) is 0.747. The smallest absolute Gasteiger partial charge is 0.292 e. The van der Waals surface area contributed by atoms with E-state index in [4.69, 9.17) is 4.52 Å². The molecule has 1 aliphatic rings. The molecule has 0 spiro atoms. The average Bonchev–Trinajstić information content (AvgIpc) is 2.75. The van der Waals surface area contributed by atoms with Crippen molar-refractivity contribution in [2.24, 2.45) is 5.92 Å². The highest BCUT2D eigenvalue weighted by molar-refractivity contribution is 5.91. The molecule has 1 amide bonds. The van der Waals surface area contributed by atoms with Crippen LogP contribution in [0.1, 0.15) is 30.1 Å². The Balaban J connectivity index is 1.88. The number of carbonyl (C=O) groups excluding carboxylic acids is 1. The minimum absolute atomic E-state index is 0.0419. The number of rotatable bonds is 3. The molecule has 0 unspecified atom stereocenters. The van der Waals surface area contributed by atoms with Crippen molar-refractivity contribution in [1.29, 1.82) is 0 Å². The number of hydrogen-bond donors (Lipinski definition) is 0. The summed E-state index contributed by atoms with van der Waals surface area (Å²) in [5.74, 6) is 0.980. The molecule has 1 aromatic heterocycles. The first-order valence-electron chi connectivity index (χ1n) is 6.51. The molecule has 0 bridgehead atoms. The fourth-order valence-electron chi connectivity index (χ4n) is 2.27. The van der Waals surface area contributed by atoms with Gasteiger partial charge in [-0.25, -0.2) is 0 Å². The highest BCUT2D eigenvalue weighted by Crippen LogP contribution is 2.11. The summed E-state index contributed by atoms with van der Waals surface area (Å²) in [5, 5.41) is 3.75. The molecule has 5 heteroatoms. The zero-order chi connectivity index (χ0) is 13.1. The topological polar surface area (TPSA) is 49.6 Å². The Hall–Kier alpha value is -1.36. The maximum Gasteiger partial charge on any atom is 0.292 e. The quantitative estimate of drug-likeness (QED) is 0.814. The number of hydrogen-bond acceptors (Lipinski definition) is 4. The molecule has 1 fully saturated rings. The van der Waals surface area contributed by atoms with Gasteiger partial charge in [0.15, 0.2) is 0 Å². The molecule has 5 nitrogen and oxygen atoms in total. The Kier molecular flexibility index (Phi) is 4.01. The van der Waals surface area contributed by atoms with Crippen LogP contribution in [0.25, 0.3) is 0 Å². The summed E-state index contributed by atoms with van der Waals surface area (Å²) >= 11 is 0. The van der Waals surface area contributed by atoms with Gasteiger partial charge < -0.3 is 9.42 Å². The zero-order valence-corrected chi connectivity index (χ0v) is 11.3. The molecule has 0 N–H and O–H groups in total. The Morgan fingerprint density at radius 3 is 2.56 bits per heavy atom. The predicted molar refractivity (Wildman–Crippen MR) is 68.4 cm³/mol. The van der Waals surface area contributed by atoms with Crippen LogP contribution in [-0.2, 0) is 0 Å². The lowest BCUT2D eigenvalue weighted by Crippen LogP contribution is -2.49.